The fourth-order valence-electron chi connectivity index (χ4n) is 1.19. The molecule has 0 radical (unpaired) electrons. The van der Waals surface area contributed by atoms with Gasteiger partial charge in [0, 0.05) is 6.07 Å². The molecule has 0 atom stereocenters. The molecule has 0 saturated carbocycles. The maximum Gasteiger partial charge on any atom is 0.339 e. The molecule has 0 aliphatic carbocycles. The first-order valence-electron chi connectivity index (χ1n) is 4.46. The Morgan fingerprint density at radius 2 is 2.31 bits per heavy atom. The zero-order valence-electron chi connectivity index (χ0n) is 8.47. The Labute approximate surface area is 91.2 Å². The molecule has 0 unspecified atom stereocenters. The van der Waals surface area contributed by atoms with Gasteiger partial charge in [-0.05, 0) is 13.0 Å². The number of ether oxygens (including phenoxy) is 1. The molecule has 0 aromatic heterocycles. The van der Waals surface area contributed by atoms with E-state index >= 15 is 0 Å². The Bertz CT molecular complexity index is 476. The molecule has 0 aliphatic rings. The molecular formula is C10H8N2O4. The summed E-state index contributed by atoms with van der Waals surface area (Å²) in [6.45, 7) is 1.76. The van der Waals surface area contributed by atoms with E-state index < -0.39 is 16.6 Å². The zero-order chi connectivity index (χ0) is 12.1. The highest BCUT2D eigenvalue weighted by Gasteiger charge is 2.21. The lowest BCUT2D eigenvalue weighted by atomic mass is 10.1. The smallest absolute Gasteiger partial charge is 0.339 e. The number of nitrogens with zero attached hydrogens (tertiary/aromatic N) is 2. The van der Waals surface area contributed by atoms with E-state index in [-0.39, 0.29) is 17.7 Å². The van der Waals surface area contributed by atoms with E-state index in [1.165, 1.54) is 18.2 Å². The Hall–Kier alpha value is -2.42. The lowest BCUT2D eigenvalue weighted by Gasteiger charge is -2.03. The molecule has 82 valence electrons. The number of hydrogen-bond acceptors (Lipinski definition) is 5. The van der Waals surface area contributed by atoms with Crippen LogP contribution in [0.1, 0.15) is 22.8 Å². The first-order valence-corrected chi connectivity index (χ1v) is 4.46. The Kier molecular flexibility index (Phi) is 3.56. The minimum atomic E-state index is -0.734. The van der Waals surface area contributed by atoms with E-state index in [1.807, 2.05) is 0 Å². The van der Waals surface area contributed by atoms with Gasteiger partial charge < -0.3 is 4.74 Å². The number of esters is 1. The van der Waals surface area contributed by atoms with Crippen molar-refractivity contribution in [1.29, 1.82) is 5.26 Å². The van der Waals surface area contributed by atoms with Gasteiger partial charge in [0.05, 0.1) is 17.1 Å². The first kappa shape index (κ1) is 11.7. The summed E-state index contributed by atoms with van der Waals surface area (Å²) in [5.41, 5.74) is -0.752. The van der Waals surface area contributed by atoms with Crippen molar-refractivity contribution in [2.24, 2.45) is 0 Å². The van der Waals surface area contributed by atoms with Crippen LogP contribution in [0.3, 0.4) is 0 Å². The van der Waals surface area contributed by atoms with Gasteiger partial charge in [0.25, 0.3) is 5.69 Å². The summed E-state index contributed by atoms with van der Waals surface area (Å²) in [6.07, 6.45) is 0. The second-order valence-corrected chi connectivity index (χ2v) is 2.79. The molecule has 1 rings (SSSR count). The van der Waals surface area contributed by atoms with Crippen molar-refractivity contribution < 1.29 is 14.5 Å². The second kappa shape index (κ2) is 4.89. The molecule has 0 amide bonds. The molecule has 0 N–H and O–H groups in total. The van der Waals surface area contributed by atoms with Crippen LogP contribution in [0.4, 0.5) is 5.69 Å². The quantitative estimate of drug-likeness (QED) is 0.438. The van der Waals surface area contributed by atoms with Gasteiger partial charge in [-0.2, -0.15) is 5.26 Å². The summed E-state index contributed by atoms with van der Waals surface area (Å²) in [5, 5.41) is 19.4. The normalized spacial score (nSPS) is 9.25. The summed E-state index contributed by atoms with van der Waals surface area (Å²) in [4.78, 5) is 21.3. The molecule has 0 saturated heterocycles. The van der Waals surface area contributed by atoms with Crippen molar-refractivity contribution in [2.75, 3.05) is 6.61 Å². The summed E-state index contributed by atoms with van der Waals surface area (Å²) < 4.78 is 4.69. The van der Waals surface area contributed by atoms with Crippen molar-refractivity contribution >= 4 is 11.7 Å². The first-order chi connectivity index (χ1) is 7.61. The van der Waals surface area contributed by atoms with Crippen LogP contribution in [0.5, 0.6) is 0 Å². The van der Waals surface area contributed by atoms with Gasteiger partial charge in [0.1, 0.15) is 11.6 Å². The van der Waals surface area contributed by atoms with Gasteiger partial charge >= 0.3 is 5.97 Å². The minimum absolute atomic E-state index is 0.0847. The monoisotopic (exact) mass is 220 g/mol. The van der Waals surface area contributed by atoms with E-state index in [0.717, 1.165) is 0 Å². The lowest BCUT2D eigenvalue weighted by Crippen LogP contribution is -2.08. The topological polar surface area (TPSA) is 93.2 Å². The third kappa shape index (κ3) is 2.15. The molecule has 1 aromatic carbocycles. The van der Waals surface area contributed by atoms with Crippen molar-refractivity contribution in [2.45, 2.75) is 6.92 Å². The number of rotatable bonds is 3. The highest BCUT2D eigenvalue weighted by Crippen LogP contribution is 2.21. The van der Waals surface area contributed by atoms with E-state index in [2.05, 4.69) is 0 Å². The third-order valence-electron chi connectivity index (χ3n) is 1.85. The molecule has 0 heterocycles. The van der Waals surface area contributed by atoms with E-state index in [4.69, 9.17) is 10.00 Å². The van der Waals surface area contributed by atoms with Crippen LogP contribution in [0.15, 0.2) is 18.2 Å². The van der Waals surface area contributed by atoms with E-state index in [0.29, 0.717) is 0 Å². The van der Waals surface area contributed by atoms with Crippen LogP contribution in [0, 0.1) is 21.4 Å². The lowest BCUT2D eigenvalue weighted by molar-refractivity contribution is -0.385. The number of hydrogen-bond donors (Lipinski definition) is 0. The summed E-state index contributed by atoms with van der Waals surface area (Å²) in [7, 11) is 0. The number of nitriles is 1. The van der Waals surface area contributed by atoms with E-state index in [9.17, 15) is 14.9 Å². The van der Waals surface area contributed by atoms with Gasteiger partial charge in [0.15, 0.2) is 0 Å². The largest absolute Gasteiger partial charge is 0.462 e. The standard InChI is InChI=1S/C10H8N2O4/c1-2-16-10(13)7-4-3-5-9(12(14)15)8(7)6-11/h3-5H,2H2,1H3. The van der Waals surface area contributed by atoms with E-state index in [1.54, 1.807) is 13.0 Å². The summed E-state index contributed by atoms with van der Waals surface area (Å²) in [5.74, 6) is -0.734. The Balaban J connectivity index is 3.31. The SMILES string of the molecule is CCOC(=O)c1cccc([N+](=O)[O-])c1C#N. The maximum absolute atomic E-state index is 11.4. The average molecular weight is 220 g/mol. The van der Waals surface area contributed by atoms with Crippen molar-refractivity contribution in [3.05, 3.63) is 39.4 Å². The highest BCUT2D eigenvalue weighted by atomic mass is 16.6. The van der Waals surface area contributed by atoms with Crippen molar-refractivity contribution in [3.8, 4) is 6.07 Å². The summed E-state index contributed by atoms with van der Waals surface area (Å²) in [6, 6.07) is 5.47. The van der Waals surface area contributed by atoms with Crippen molar-refractivity contribution in [1.82, 2.24) is 0 Å². The molecule has 6 heteroatoms. The molecule has 16 heavy (non-hydrogen) atoms. The van der Waals surface area contributed by atoms with Crippen LogP contribution >= 0.6 is 0 Å². The van der Waals surface area contributed by atoms with Gasteiger partial charge in [-0.15, -0.1) is 0 Å². The molecule has 0 aliphatic heterocycles. The molecule has 0 bridgehead atoms. The third-order valence-corrected chi connectivity index (χ3v) is 1.85. The number of carbonyl (C=O) groups excluding carboxylic acids is 1. The van der Waals surface area contributed by atoms with Gasteiger partial charge in [-0.25, -0.2) is 4.79 Å². The van der Waals surface area contributed by atoms with Crippen LogP contribution in [-0.4, -0.2) is 17.5 Å². The average Bonchev–Trinajstić information content (AvgIpc) is 2.28. The Morgan fingerprint density at radius 1 is 1.62 bits per heavy atom. The van der Waals surface area contributed by atoms with Crippen LogP contribution in [-0.2, 0) is 4.74 Å². The van der Waals surface area contributed by atoms with Crippen LogP contribution < -0.4 is 0 Å². The van der Waals surface area contributed by atoms with Crippen molar-refractivity contribution in [3.63, 3.8) is 0 Å². The Morgan fingerprint density at radius 3 is 2.81 bits per heavy atom. The number of nitro benzene ring substituents is 1. The number of benzene rings is 1. The van der Waals surface area contributed by atoms with Gasteiger partial charge in [-0.3, -0.25) is 10.1 Å². The number of nitro groups is 1. The van der Waals surface area contributed by atoms with Crippen LogP contribution in [0.25, 0.3) is 0 Å². The predicted molar refractivity (Wildman–Crippen MR) is 53.8 cm³/mol. The molecular weight excluding hydrogens is 212 g/mol. The molecule has 1 aromatic rings. The zero-order valence-corrected chi connectivity index (χ0v) is 8.47. The number of carbonyl (C=O) groups is 1. The molecule has 0 spiro atoms. The molecule has 0 fully saturated rings. The van der Waals surface area contributed by atoms with Gasteiger partial charge in [-0.1, -0.05) is 6.07 Å². The van der Waals surface area contributed by atoms with Crippen LogP contribution in [0.2, 0.25) is 0 Å². The minimum Gasteiger partial charge on any atom is -0.462 e. The van der Waals surface area contributed by atoms with Gasteiger partial charge in [0.2, 0.25) is 0 Å². The molecule has 6 nitrogen and oxygen atoms in total. The fourth-order valence-corrected chi connectivity index (χ4v) is 1.19. The highest BCUT2D eigenvalue weighted by molar-refractivity contribution is 5.93. The fraction of sp³-hybridized carbons (Fsp3) is 0.200. The maximum atomic E-state index is 11.4. The second-order valence-electron chi connectivity index (χ2n) is 2.79. The predicted octanol–water partition coefficient (Wildman–Crippen LogP) is 1.64. The summed E-state index contributed by atoms with van der Waals surface area (Å²) >= 11 is 0.